The molecular weight excluding hydrogens is 328 g/mol. The van der Waals surface area contributed by atoms with E-state index in [0.717, 1.165) is 48.3 Å². The van der Waals surface area contributed by atoms with Gasteiger partial charge in [0.1, 0.15) is 0 Å². The standard InChI is InChI=1S/C20H22N4O2/c1-14-2-4-16(5-3-14)24-18-13-21-9-6-17(18)20(22-24)23-10-7-15(8-11-23)12-19(25)26/h2-6,9,13,15H,7-8,10-12H2,1H3,(H,25,26). The van der Waals surface area contributed by atoms with Gasteiger partial charge in [0.25, 0.3) is 0 Å². The van der Waals surface area contributed by atoms with Crippen molar-refractivity contribution in [1.29, 1.82) is 0 Å². The lowest BCUT2D eigenvalue weighted by molar-refractivity contribution is -0.138. The minimum absolute atomic E-state index is 0.260. The summed E-state index contributed by atoms with van der Waals surface area (Å²) in [5, 5.41) is 15.0. The average molecular weight is 350 g/mol. The number of fused-ring (bicyclic) bond motifs is 1. The molecule has 134 valence electrons. The van der Waals surface area contributed by atoms with Gasteiger partial charge in [-0.2, -0.15) is 0 Å². The number of aryl methyl sites for hydroxylation is 1. The largest absolute Gasteiger partial charge is 0.481 e. The zero-order valence-electron chi connectivity index (χ0n) is 14.8. The maximum Gasteiger partial charge on any atom is 0.303 e. The van der Waals surface area contributed by atoms with E-state index >= 15 is 0 Å². The molecule has 3 aromatic rings. The second kappa shape index (κ2) is 6.78. The number of anilines is 1. The van der Waals surface area contributed by atoms with E-state index in [4.69, 9.17) is 10.2 Å². The van der Waals surface area contributed by atoms with Crippen molar-refractivity contribution in [3.8, 4) is 5.69 Å². The SMILES string of the molecule is Cc1ccc(-n2nc(N3CCC(CC(=O)O)CC3)c3ccncc32)cc1. The van der Waals surface area contributed by atoms with Crippen molar-refractivity contribution in [1.82, 2.24) is 14.8 Å². The molecule has 1 aliphatic rings. The summed E-state index contributed by atoms with van der Waals surface area (Å²) in [5.41, 5.74) is 3.21. The van der Waals surface area contributed by atoms with Gasteiger partial charge in [-0.05, 0) is 43.9 Å². The molecule has 0 radical (unpaired) electrons. The van der Waals surface area contributed by atoms with Crippen LogP contribution in [0.5, 0.6) is 0 Å². The highest BCUT2D eigenvalue weighted by Crippen LogP contribution is 2.31. The van der Waals surface area contributed by atoms with Crippen molar-refractivity contribution < 1.29 is 9.90 Å². The normalized spacial score (nSPS) is 15.5. The number of piperidine rings is 1. The Morgan fingerprint density at radius 3 is 2.62 bits per heavy atom. The molecule has 0 atom stereocenters. The molecule has 6 nitrogen and oxygen atoms in total. The molecule has 3 heterocycles. The van der Waals surface area contributed by atoms with E-state index in [1.807, 2.05) is 16.9 Å². The summed E-state index contributed by atoms with van der Waals surface area (Å²) in [6, 6.07) is 10.3. The molecule has 2 aromatic heterocycles. The summed E-state index contributed by atoms with van der Waals surface area (Å²) < 4.78 is 1.94. The van der Waals surface area contributed by atoms with Crippen LogP contribution in [0.15, 0.2) is 42.7 Å². The molecule has 1 N–H and O–H groups in total. The summed E-state index contributed by atoms with van der Waals surface area (Å²) in [6.07, 6.45) is 5.68. The highest BCUT2D eigenvalue weighted by Gasteiger charge is 2.25. The second-order valence-corrected chi connectivity index (χ2v) is 6.99. The predicted octanol–water partition coefficient (Wildman–Crippen LogP) is 3.42. The van der Waals surface area contributed by atoms with E-state index in [2.05, 4.69) is 41.1 Å². The van der Waals surface area contributed by atoms with E-state index in [1.54, 1.807) is 6.20 Å². The summed E-state index contributed by atoms with van der Waals surface area (Å²) in [5.74, 6) is 0.510. The number of rotatable bonds is 4. The van der Waals surface area contributed by atoms with Crippen LogP contribution in [0.4, 0.5) is 5.82 Å². The summed E-state index contributed by atoms with van der Waals surface area (Å²) in [6.45, 7) is 3.74. The third-order valence-corrected chi connectivity index (χ3v) is 5.12. The molecule has 0 spiro atoms. The first-order valence-corrected chi connectivity index (χ1v) is 8.98. The highest BCUT2D eigenvalue weighted by atomic mass is 16.4. The van der Waals surface area contributed by atoms with Crippen molar-refractivity contribution >= 4 is 22.7 Å². The summed E-state index contributed by atoms with van der Waals surface area (Å²) >= 11 is 0. The van der Waals surface area contributed by atoms with Crippen LogP contribution < -0.4 is 4.90 Å². The quantitative estimate of drug-likeness (QED) is 0.781. The molecule has 0 saturated carbocycles. The van der Waals surface area contributed by atoms with Crippen LogP contribution in [0.25, 0.3) is 16.6 Å². The van der Waals surface area contributed by atoms with Gasteiger partial charge in [-0.15, -0.1) is 5.10 Å². The Hall–Kier alpha value is -2.89. The Kier molecular flexibility index (Phi) is 4.32. The van der Waals surface area contributed by atoms with Gasteiger partial charge in [0.05, 0.1) is 17.4 Å². The maximum absolute atomic E-state index is 10.9. The van der Waals surface area contributed by atoms with Gasteiger partial charge in [0, 0.05) is 31.1 Å². The van der Waals surface area contributed by atoms with Gasteiger partial charge in [0.2, 0.25) is 0 Å². The zero-order valence-corrected chi connectivity index (χ0v) is 14.8. The monoisotopic (exact) mass is 350 g/mol. The number of nitrogens with zero attached hydrogens (tertiary/aromatic N) is 4. The predicted molar refractivity (Wildman–Crippen MR) is 101 cm³/mol. The van der Waals surface area contributed by atoms with Crippen molar-refractivity contribution in [2.45, 2.75) is 26.2 Å². The first-order valence-electron chi connectivity index (χ1n) is 8.98. The lowest BCUT2D eigenvalue weighted by Gasteiger charge is -2.31. The van der Waals surface area contributed by atoms with Crippen molar-refractivity contribution in [3.63, 3.8) is 0 Å². The number of carbonyl (C=O) groups is 1. The number of aliphatic carboxylic acids is 1. The maximum atomic E-state index is 10.9. The molecule has 0 aliphatic carbocycles. The van der Waals surface area contributed by atoms with E-state index in [-0.39, 0.29) is 12.3 Å². The highest BCUT2D eigenvalue weighted by molar-refractivity contribution is 5.91. The van der Waals surface area contributed by atoms with Gasteiger partial charge in [0.15, 0.2) is 5.82 Å². The minimum atomic E-state index is -0.705. The topological polar surface area (TPSA) is 71.2 Å². The number of hydrogen-bond acceptors (Lipinski definition) is 4. The van der Waals surface area contributed by atoms with Gasteiger partial charge in [-0.3, -0.25) is 9.78 Å². The fourth-order valence-corrected chi connectivity index (χ4v) is 3.66. The molecule has 6 heteroatoms. The molecule has 0 unspecified atom stereocenters. The fraction of sp³-hybridized carbons (Fsp3) is 0.350. The molecule has 26 heavy (non-hydrogen) atoms. The fourth-order valence-electron chi connectivity index (χ4n) is 3.66. The van der Waals surface area contributed by atoms with Gasteiger partial charge in [-0.25, -0.2) is 4.68 Å². The van der Waals surface area contributed by atoms with E-state index in [1.165, 1.54) is 5.56 Å². The third kappa shape index (κ3) is 3.14. The summed E-state index contributed by atoms with van der Waals surface area (Å²) in [7, 11) is 0. The van der Waals surface area contributed by atoms with E-state index < -0.39 is 5.97 Å². The van der Waals surface area contributed by atoms with Crippen molar-refractivity contribution in [2.75, 3.05) is 18.0 Å². The van der Waals surface area contributed by atoms with E-state index in [0.29, 0.717) is 0 Å². The Morgan fingerprint density at radius 2 is 1.92 bits per heavy atom. The molecule has 0 amide bonds. The van der Waals surface area contributed by atoms with Crippen molar-refractivity contribution in [3.05, 3.63) is 48.3 Å². The number of aromatic nitrogens is 3. The molecule has 1 saturated heterocycles. The van der Waals surface area contributed by atoms with Crippen LogP contribution in [0.1, 0.15) is 24.8 Å². The van der Waals surface area contributed by atoms with Gasteiger partial charge >= 0.3 is 5.97 Å². The van der Waals surface area contributed by atoms with Crippen LogP contribution in [-0.4, -0.2) is 38.9 Å². The number of hydrogen-bond donors (Lipinski definition) is 1. The molecule has 0 bridgehead atoms. The van der Waals surface area contributed by atoms with Crippen LogP contribution in [0.2, 0.25) is 0 Å². The van der Waals surface area contributed by atoms with Crippen LogP contribution in [-0.2, 0) is 4.79 Å². The van der Waals surface area contributed by atoms with Crippen LogP contribution >= 0.6 is 0 Å². The van der Waals surface area contributed by atoms with Crippen LogP contribution in [0.3, 0.4) is 0 Å². The van der Waals surface area contributed by atoms with Crippen molar-refractivity contribution in [2.24, 2.45) is 5.92 Å². The summed E-state index contributed by atoms with van der Waals surface area (Å²) in [4.78, 5) is 17.5. The van der Waals surface area contributed by atoms with Gasteiger partial charge in [-0.1, -0.05) is 17.7 Å². The Bertz CT molecular complexity index is 925. The zero-order chi connectivity index (χ0) is 18.1. The molecule has 1 fully saturated rings. The lowest BCUT2D eigenvalue weighted by atomic mass is 9.93. The van der Waals surface area contributed by atoms with Crippen LogP contribution in [0, 0.1) is 12.8 Å². The Labute approximate surface area is 152 Å². The first kappa shape index (κ1) is 16.6. The number of pyridine rings is 1. The lowest BCUT2D eigenvalue weighted by Crippen LogP contribution is -2.34. The van der Waals surface area contributed by atoms with E-state index in [9.17, 15) is 4.79 Å². The van der Waals surface area contributed by atoms with Gasteiger partial charge < -0.3 is 10.0 Å². The number of carboxylic acid groups (broad SMARTS) is 1. The Balaban J connectivity index is 1.66. The molecule has 4 rings (SSSR count). The minimum Gasteiger partial charge on any atom is -0.481 e. The second-order valence-electron chi connectivity index (χ2n) is 6.99. The molecule has 1 aliphatic heterocycles. The average Bonchev–Trinajstić information content (AvgIpc) is 3.02. The third-order valence-electron chi connectivity index (χ3n) is 5.12. The number of carboxylic acids is 1. The first-order chi connectivity index (χ1) is 12.6. The molecule has 1 aromatic carbocycles. The molecular formula is C20H22N4O2. The smallest absolute Gasteiger partial charge is 0.303 e. The number of benzene rings is 1. The Morgan fingerprint density at radius 1 is 1.19 bits per heavy atom.